The van der Waals surface area contributed by atoms with E-state index in [1.165, 1.54) is 6.26 Å². The maximum absolute atomic E-state index is 13.2. The van der Waals surface area contributed by atoms with Gasteiger partial charge >= 0.3 is 6.03 Å². The zero-order chi connectivity index (χ0) is 21.6. The van der Waals surface area contributed by atoms with E-state index >= 15 is 0 Å². The zero-order valence-electron chi connectivity index (χ0n) is 16.9. The average Bonchev–Trinajstić information content (AvgIpc) is 3.48. The number of furan rings is 1. The van der Waals surface area contributed by atoms with Gasteiger partial charge in [-0.25, -0.2) is 9.78 Å². The number of rotatable bonds is 5. The van der Waals surface area contributed by atoms with Crippen LogP contribution in [0.4, 0.5) is 4.79 Å². The summed E-state index contributed by atoms with van der Waals surface area (Å²) in [6.45, 7) is 1.62. The van der Waals surface area contributed by atoms with Gasteiger partial charge in [-0.3, -0.25) is 9.69 Å². The fraction of sp³-hybridized carbons (Fsp3) is 0.174. The lowest BCUT2D eigenvalue weighted by Crippen LogP contribution is -2.40. The number of para-hydroxylation sites is 1. The molecule has 0 spiro atoms. The van der Waals surface area contributed by atoms with Gasteiger partial charge in [-0.15, -0.1) is 0 Å². The first-order valence-electron chi connectivity index (χ1n) is 9.70. The second-order valence-corrected chi connectivity index (χ2v) is 7.47. The van der Waals surface area contributed by atoms with Crippen LogP contribution in [0.25, 0.3) is 22.4 Å². The SMILES string of the molecule is COc1ccc(-c2nc(CN3C(=O)NC(C)(c4cc5ccccc5o4)C3=O)co2)cc1. The standard InChI is InChI=1S/C23H19N3O5/c1-23(19-11-15-5-3-4-6-18(15)31-19)21(27)26(22(28)25-23)12-16-13-30-20(24-16)14-7-9-17(29-2)10-8-14/h3-11,13H,12H2,1-2H3,(H,25,28). The number of aromatic nitrogens is 1. The van der Waals surface area contributed by atoms with Gasteiger partial charge in [0.05, 0.1) is 19.3 Å². The predicted molar refractivity (Wildman–Crippen MR) is 111 cm³/mol. The van der Waals surface area contributed by atoms with Gasteiger partial charge in [0.25, 0.3) is 5.91 Å². The van der Waals surface area contributed by atoms with E-state index in [0.29, 0.717) is 22.9 Å². The van der Waals surface area contributed by atoms with Crippen LogP contribution < -0.4 is 10.1 Å². The molecule has 156 valence electrons. The number of ether oxygens (including phenoxy) is 1. The Hall–Kier alpha value is -4.07. The Kier molecular flexibility index (Phi) is 4.28. The maximum atomic E-state index is 13.2. The molecule has 0 radical (unpaired) electrons. The van der Waals surface area contributed by atoms with E-state index in [1.54, 1.807) is 32.2 Å². The van der Waals surface area contributed by atoms with Gasteiger partial charge in [0, 0.05) is 10.9 Å². The highest BCUT2D eigenvalue weighted by Gasteiger charge is 2.51. The quantitative estimate of drug-likeness (QED) is 0.492. The second-order valence-electron chi connectivity index (χ2n) is 7.47. The number of urea groups is 1. The van der Waals surface area contributed by atoms with Crippen molar-refractivity contribution in [3.05, 3.63) is 72.3 Å². The summed E-state index contributed by atoms with van der Waals surface area (Å²) in [5.74, 6) is 1.09. The van der Waals surface area contributed by atoms with Gasteiger partial charge in [0.2, 0.25) is 5.89 Å². The number of hydrogen-bond donors (Lipinski definition) is 1. The summed E-state index contributed by atoms with van der Waals surface area (Å²) >= 11 is 0. The van der Waals surface area contributed by atoms with Crippen LogP contribution in [0.1, 0.15) is 18.4 Å². The van der Waals surface area contributed by atoms with Crippen molar-refractivity contribution in [3.8, 4) is 17.2 Å². The summed E-state index contributed by atoms with van der Waals surface area (Å²) in [4.78, 5) is 31.3. The highest BCUT2D eigenvalue weighted by atomic mass is 16.5. The van der Waals surface area contributed by atoms with Crippen LogP contribution in [-0.4, -0.2) is 28.9 Å². The highest BCUT2D eigenvalue weighted by molar-refractivity contribution is 6.07. The average molecular weight is 417 g/mol. The monoisotopic (exact) mass is 417 g/mol. The van der Waals surface area contributed by atoms with Gasteiger partial charge in [0.15, 0.2) is 5.54 Å². The molecular weight excluding hydrogens is 398 g/mol. The molecule has 4 aromatic rings. The number of hydrogen-bond acceptors (Lipinski definition) is 6. The molecule has 1 unspecified atom stereocenters. The lowest BCUT2D eigenvalue weighted by molar-refractivity contribution is -0.132. The molecule has 1 atom stereocenters. The van der Waals surface area contributed by atoms with E-state index in [-0.39, 0.29) is 6.54 Å². The fourth-order valence-corrected chi connectivity index (χ4v) is 3.64. The molecule has 3 heterocycles. The Morgan fingerprint density at radius 1 is 1.13 bits per heavy atom. The largest absolute Gasteiger partial charge is 0.497 e. The molecule has 1 aliphatic rings. The van der Waals surface area contributed by atoms with Crippen molar-refractivity contribution >= 4 is 22.9 Å². The number of oxazole rings is 1. The van der Waals surface area contributed by atoms with Gasteiger partial charge in [0.1, 0.15) is 23.4 Å². The highest BCUT2D eigenvalue weighted by Crippen LogP contribution is 2.33. The molecule has 1 N–H and O–H groups in total. The molecule has 0 bridgehead atoms. The smallest absolute Gasteiger partial charge is 0.325 e. The Balaban J connectivity index is 1.38. The van der Waals surface area contributed by atoms with Crippen LogP contribution in [0.3, 0.4) is 0 Å². The third kappa shape index (κ3) is 3.13. The third-order valence-corrected chi connectivity index (χ3v) is 5.40. The van der Waals surface area contributed by atoms with Crippen molar-refractivity contribution in [2.24, 2.45) is 0 Å². The minimum atomic E-state index is -1.29. The van der Waals surface area contributed by atoms with Crippen molar-refractivity contribution < 1.29 is 23.2 Å². The van der Waals surface area contributed by atoms with Crippen molar-refractivity contribution in [2.45, 2.75) is 19.0 Å². The first kappa shape index (κ1) is 18.9. The number of benzene rings is 2. The number of carbonyl (C=O) groups is 2. The van der Waals surface area contributed by atoms with E-state index in [0.717, 1.165) is 21.6 Å². The minimum Gasteiger partial charge on any atom is -0.497 e. The molecule has 2 aromatic heterocycles. The number of carbonyl (C=O) groups excluding carboxylic acids is 2. The van der Waals surface area contributed by atoms with Crippen LogP contribution in [0, 0.1) is 0 Å². The topological polar surface area (TPSA) is 97.8 Å². The zero-order valence-corrected chi connectivity index (χ0v) is 16.9. The van der Waals surface area contributed by atoms with Crippen molar-refractivity contribution in [1.82, 2.24) is 15.2 Å². The molecule has 5 rings (SSSR count). The summed E-state index contributed by atoms with van der Waals surface area (Å²) in [5, 5.41) is 3.61. The van der Waals surface area contributed by atoms with Gasteiger partial charge in [-0.2, -0.15) is 0 Å². The Morgan fingerprint density at radius 2 is 1.90 bits per heavy atom. The molecule has 3 amide bonds. The lowest BCUT2D eigenvalue weighted by Gasteiger charge is -2.18. The summed E-state index contributed by atoms with van der Waals surface area (Å²) in [6, 6.07) is 15.9. The van der Waals surface area contributed by atoms with Crippen molar-refractivity contribution in [1.29, 1.82) is 0 Å². The number of imide groups is 1. The van der Waals surface area contributed by atoms with Crippen LogP contribution in [0.2, 0.25) is 0 Å². The number of fused-ring (bicyclic) bond motifs is 1. The van der Waals surface area contributed by atoms with E-state index < -0.39 is 17.5 Å². The molecule has 2 aromatic carbocycles. The van der Waals surface area contributed by atoms with E-state index in [4.69, 9.17) is 13.6 Å². The van der Waals surface area contributed by atoms with Gasteiger partial charge in [-0.1, -0.05) is 18.2 Å². The molecule has 1 saturated heterocycles. The first-order valence-corrected chi connectivity index (χ1v) is 9.70. The molecule has 0 aliphatic carbocycles. The molecule has 8 nitrogen and oxygen atoms in total. The van der Waals surface area contributed by atoms with Crippen LogP contribution in [-0.2, 0) is 16.9 Å². The molecule has 1 fully saturated rings. The van der Waals surface area contributed by atoms with Crippen molar-refractivity contribution in [3.63, 3.8) is 0 Å². The van der Waals surface area contributed by atoms with Gasteiger partial charge < -0.3 is 18.9 Å². The van der Waals surface area contributed by atoms with Gasteiger partial charge in [-0.05, 0) is 43.3 Å². The Bertz CT molecular complexity index is 1260. The summed E-state index contributed by atoms with van der Waals surface area (Å²) < 4.78 is 16.5. The van der Waals surface area contributed by atoms with Crippen LogP contribution in [0.5, 0.6) is 5.75 Å². The van der Waals surface area contributed by atoms with E-state index in [1.807, 2.05) is 36.4 Å². The third-order valence-electron chi connectivity index (χ3n) is 5.40. The molecular formula is C23H19N3O5. The minimum absolute atomic E-state index is 0.0138. The Morgan fingerprint density at radius 3 is 2.65 bits per heavy atom. The fourth-order valence-electron chi connectivity index (χ4n) is 3.64. The summed E-state index contributed by atoms with van der Waals surface area (Å²) in [5.41, 5.74) is 0.581. The second kappa shape index (κ2) is 7.02. The number of methoxy groups -OCH3 is 1. The summed E-state index contributed by atoms with van der Waals surface area (Å²) in [6.07, 6.45) is 1.44. The van der Waals surface area contributed by atoms with E-state index in [9.17, 15) is 9.59 Å². The summed E-state index contributed by atoms with van der Waals surface area (Å²) in [7, 11) is 1.59. The van der Waals surface area contributed by atoms with Crippen LogP contribution >= 0.6 is 0 Å². The maximum Gasteiger partial charge on any atom is 0.325 e. The van der Waals surface area contributed by atoms with Crippen molar-refractivity contribution in [2.75, 3.05) is 7.11 Å². The number of amides is 3. The molecule has 8 heteroatoms. The number of nitrogens with zero attached hydrogens (tertiary/aromatic N) is 2. The van der Waals surface area contributed by atoms with Crippen LogP contribution in [0.15, 0.2) is 69.7 Å². The normalized spacial score (nSPS) is 18.6. The first-order chi connectivity index (χ1) is 15.0. The molecule has 1 aliphatic heterocycles. The lowest BCUT2D eigenvalue weighted by atomic mass is 9.99. The molecule has 0 saturated carbocycles. The molecule has 31 heavy (non-hydrogen) atoms. The predicted octanol–water partition coefficient (Wildman–Crippen LogP) is 4.06. The van der Waals surface area contributed by atoms with E-state index in [2.05, 4.69) is 10.3 Å². The number of nitrogens with one attached hydrogen (secondary N) is 1. The Labute approximate surface area is 177 Å².